The van der Waals surface area contributed by atoms with Crippen molar-refractivity contribution in [3.63, 3.8) is 0 Å². The summed E-state index contributed by atoms with van der Waals surface area (Å²) in [5, 5.41) is 2.76. The highest BCUT2D eigenvalue weighted by Gasteiger charge is 2.29. The Morgan fingerprint density at radius 1 is 1.14 bits per heavy atom. The summed E-state index contributed by atoms with van der Waals surface area (Å²) in [5.41, 5.74) is 7.50. The van der Waals surface area contributed by atoms with Gasteiger partial charge in [0.2, 0.25) is 23.7 Å². The molecule has 192 valence electrons. The van der Waals surface area contributed by atoms with Crippen LogP contribution in [0, 0.1) is 0 Å². The zero-order valence-corrected chi connectivity index (χ0v) is 21.1. The van der Waals surface area contributed by atoms with E-state index in [1.165, 1.54) is 0 Å². The summed E-state index contributed by atoms with van der Waals surface area (Å²) in [6, 6.07) is 5.13. The molecule has 3 N–H and O–H groups in total. The van der Waals surface area contributed by atoms with Crippen LogP contribution in [0.4, 0.5) is 5.69 Å². The molecule has 9 nitrogen and oxygen atoms in total. The van der Waals surface area contributed by atoms with E-state index < -0.39 is 11.9 Å². The van der Waals surface area contributed by atoms with E-state index in [1.54, 1.807) is 4.90 Å². The van der Waals surface area contributed by atoms with Crippen LogP contribution in [0.15, 0.2) is 23.2 Å². The van der Waals surface area contributed by atoms with E-state index in [9.17, 15) is 14.4 Å². The van der Waals surface area contributed by atoms with Gasteiger partial charge in [-0.05, 0) is 37.5 Å². The molecule has 1 atom stereocenters. The van der Waals surface area contributed by atoms with E-state index in [0.717, 1.165) is 49.8 Å². The predicted octanol–water partition coefficient (Wildman–Crippen LogP) is 3.23. The SMILES string of the molecule is CCCCCCN(C(=O)CCCOc1ccc2c(c1)CN1CC(=O)NC1=N2)C(CCCC)C(N)=O. The first-order valence-corrected chi connectivity index (χ1v) is 12.9. The van der Waals surface area contributed by atoms with Gasteiger partial charge in [-0.15, -0.1) is 0 Å². The first-order valence-electron chi connectivity index (χ1n) is 12.9. The van der Waals surface area contributed by atoms with Gasteiger partial charge in [0.1, 0.15) is 18.3 Å². The van der Waals surface area contributed by atoms with E-state index in [4.69, 9.17) is 10.5 Å². The quantitative estimate of drug-likeness (QED) is 0.370. The number of benzene rings is 1. The molecule has 1 aromatic rings. The van der Waals surface area contributed by atoms with E-state index in [0.29, 0.717) is 57.2 Å². The number of guanidine groups is 1. The van der Waals surface area contributed by atoms with E-state index >= 15 is 0 Å². The molecule has 2 heterocycles. The van der Waals surface area contributed by atoms with Crippen LogP contribution in [0.1, 0.15) is 77.2 Å². The van der Waals surface area contributed by atoms with Gasteiger partial charge in [-0.1, -0.05) is 46.0 Å². The highest BCUT2D eigenvalue weighted by molar-refractivity contribution is 6.05. The van der Waals surface area contributed by atoms with Crippen LogP contribution < -0.4 is 15.8 Å². The smallest absolute Gasteiger partial charge is 0.246 e. The number of fused-ring (bicyclic) bond motifs is 2. The number of nitrogens with one attached hydrogen (secondary N) is 1. The van der Waals surface area contributed by atoms with Gasteiger partial charge in [-0.3, -0.25) is 19.7 Å². The lowest BCUT2D eigenvalue weighted by atomic mass is 10.1. The zero-order valence-electron chi connectivity index (χ0n) is 21.1. The van der Waals surface area contributed by atoms with E-state index in [-0.39, 0.29) is 11.8 Å². The van der Waals surface area contributed by atoms with Gasteiger partial charge in [0.05, 0.1) is 12.3 Å². The second-order valence-corrected chi connectivity index (χ2v) is 9.29. The van der Waals surface area contributed by atoms with Gasteiger partial charge < -0.3 is 20.3 Å². The van der Waals surface area contributed by atoms with Crippen molar-refractivity contribution in [1.82, 2.24) is 15.1 Å². The first-order chi connectivity index (χ1) is 16.9. The lowest BCUT2D eigenvalue weighted by molar-refractivity contribution is -0.140. The zero-order chi connectivity index (χ0) is 25.2. The molecule has 3 rings (SSSR count). The Kier molecular flexibility index (Phi) is 9.93. The Bertz CT molecular complexity index is 932. The van der Waals surface area contributed by atoms with Gasteiger partial charge in [0.25, 0.3) is 0 Å². The summed E-state index contributed by atoms with van der Waals surface area (Å²) >= 11 is 0. The van der Waals surface area contributed by atoms with Crippen LogP contribution in [0.5, 0.6) is 5.75 Å². The van der Waals surface area contributed by atoms with E-state index in [1.807, 2.05) is 23.1 Å². The average Bonchev–Trinajstić information content (AvgIpc) is 3.20. The molecule has 1 unspecified atom stereocenters. The van der Waals surface area contributed by atoms with Crippen LogP contribution in [0.3, 0.4) is 0 Å². The molecule has 1 saturated heterocycles. The molecule has 0 saturated carbocycles. The monoisotopic (exact) mass is 485 g/mol. The summed E-state index contributed by atoms with van der Waals surface area (Å²) in [5.74, 6) is 0.798. The second kappa shape index (κ2) is 13.1. The number of hydrogen-bond donors (Lipinski definition) is 2. The van der Waals surface area contributed by atoms with Crippen LogP contribution in [-0.2, 0) is 20.9 Å². The molecule has 3 amide bonds. The molecule has 9 heteroatoms. The minimum absolute atomic E-state index is 0.0384. The minimum atomic E-state index is -0.539. The van der Waals surface area contributed by atoms with Gasteiger partial charge in [0, 0.05) is 25.1 Å². The van der Waals surface area contributed by atoms with Crippen LogP contribution in [-0.4, -0.2) is 59.2 Å². The van der Waals surface area contributed by atoms with Gasteiger partial charge in [0.15, 0.2) is 0 Å². The fourth-order valence-electron chi connectivity index (χ4n) is 4.50. The number of nitrogens with two attached hydrogens (primary N) is 1. The van der Waals surface area contributed by atoms with Crippen molar-refractivity contribution in [2.45, 2.75) is 84.2 Å². The lowest BCUT2D eigenvalue weighted by Gasteiger charge is -2.30. The van der Waals surface area contributed by atoms with Crippen LogP contribution in [0.25, 0.3) is 0 Å². The summed E-state index contributed by atoms with van der Waals surface area (Å²) < 4.78 is 5.91. The molecule has 0 aromatic heterocycles. The number of carbonyl (C=O) groups is 3. The fraction of sp³-hybridized carbons (Fsp3) is 0.615. The van der Waals surface area contributed by atoms with E-state index in [2.05, 4.69) is 24.2 Å². The standard InChI is InChI=1S/C26H39N5O4/c1-3-5-7-8-14-31(22(25(27)34)10-6-4-2)24(33)11-9-15-35-20-12-13-21-19(16-20)17-30-18-23(32)29-26(30)28-21/h12-13,16,22H,3-11,14-15,17-18H2,1-2H3,(H2,27,34)(H,28,29,32). The Hall–Kier alpha value is -3.10. The Morgan fingerprint density at radius 3 is 2.69 bits per heavy atom. The third kappa shape index (κ3) is 7.44. The predicted molar refractivity (Wildman–Crippen MR) is 135 cm³/mol. The van der Waals surface area contributed by atoms with Crippen molar-refractivity contribution >= 4 is 29.4 Å². The summed E-state index contributed by atoms with van der Waals surface area (Å²) in [4.78, 5) is 44.9. The maximum Gasteiger partial charge on any atom is 0.246 e. The van der Waals surface area contributed by atoms with Crippen molar-refractivity contribution in [1.29, 1.82) is 0 Å². The molecular weight excluding hydrogens is 446 g/mol. The Labute approximate surface area is 208 Å². The number of amides is 3. The first kappa shape index (κ1) is 26.5. The molecule has 0 spiro atoms. The molecule has 0 bridgehead atoms. The fourth-order valence-corrected chi connectivity index (χ4v) is 4.50. The number of carbonyl (C=O) groups excluding carboxylic acids is 3. The summed E-state index contributed by atoms with van der Waals surface area (Å²) in [7, 11) is 0. The van der Waals surface area contributed by atoms with Crippen LogP contribution in [0.2, 0.25) is 0 Å². The Balaban J connectivity index is 1.52. The molecule has 35 heavy (non-hydrogen) atoms. The van der Waals surface area contributed by atoms with Gasteiger partial charge in [-0.2, -0.15) is 0 Å². The number of aliphatic imine (C=N–C) groups is 1. The largest absolute Gasteiger partial charge is 0.494 e. The number of nitrogens with zero attached hydrogens (tertiary/aromatic N) is 3. The topological polar surface area (TPSA) is 117 Å². The maximum absolute atomic E-state index is 13.1. The number of hydrogen-bond acceptors (Lipinski definition) is 6. The number of unbranched alkanes of at least 4 members (excludes halogenated alkanes) is 4. The number of primary amides is 1. The second-order valence-electron chi connectivity index (χ2n) is 9.29. The third-order valence-electron chi connectivity index (χ3n) is 6.44. The normalized spacial score (nSPS) is 15.1. The van der Waals surface area contributed by atoms with Crippen molar-refractivity contribution in [3.8, 4) is 5.75 Å². The van der Waals surface area contributed by atoms with Crippen molar-refractivity contribution < 1.29 is 19.1 Å². The highest BCUT2D eigenvalue weighted by Crippen LogP contribution is 2.30. The summed E-state index contributed by atoms with van der Waals surface area (Å²) in [6.07, 6.45) is 7.43. The van der Waals surface area contributed by atoms with Crippen LogP contribution >= 0.6 is 0 Å². The third-order valence-corrected chi connectivity index (χ3v) is 6.44. The molecule has 2 aliphatic rings. The van der Waals surface area contributed by atoms with Crippen molar-refractivity contribution in [3.05, 3.63) is 23.8 Å². The molecular formula is C26H39N5O4. The van der Waals surface area contributed by atoms with Crippen molar-refractivity contribution in [2.75, 3.05) is 19.7 Å². The number of rotatable bonds is 15. The molecule has 0 aliphatic carbocycles. The van der Waals surface area contributed by atoms with Gasteiger partial charge in [-0.25, -0.2) is 4.99 Å². The lowest BCUT2D eigenvalue weighted by Crippen LogP contribution is -2.48. The molecule has 1 aromatic carbocycles. The van der Waals surface area contributed by atoms with Gasteiger partial charge >= 0.3 is 0 Å². The maximum atomic E-state index is 13.1. The average molecular weight is 486 g/mol. The molecule has 1 fully saturated rings. The highest BCUT2D eigenvalue weighted by atomic mass is 16.5. The Morgan fingerprint density at radius 2 is 1.94 bits per heavy atom. The number of ether oxygens (including phenoxy) is 1. The minimum Gasteiger partial charge on any atom is -0.494 e. The summed E-state index contributed by atoms with van der Waals surface area (Å²) in [6.45, 7) is 6.08. The van der Waals surface area contributed by atoms with Crippen molar-refractivity contribution in [2.24, 2.45) is 10.7 Å². The molecule has 0 radical (unpaired) electrons. The molecule has 2 aliphatic heterocycles.